The number of carbonyl (C=O) groups is 1. The van der Waals surface area contributed by atoms with E-state index in [1.807, 2.05) is 25.1 Å². The normalized spacial score (nSPS) is 10.0. The van der Waals surface area contributed by atoms with Gasteiger partial charge in [-0.05, 0) is 32.4 Å². The van der Waals surface area contributed by atoms with Crippen LogP contribution in [0.1, 0.15) is 26.7 Å². The van der Waals surface area contributed by atoms with Gasteiger partial charge in [-0.2, -0.15) is 0 Å². The zero-order chi connectivity index (χ0) is 12.5. The molecular formula is C14H21NO2. The van der Waals surface area contributed by atoms with E-state index in [-0.39, 0.29) is 5.97 Å². The first-order chi connectivity index (χ1) is 8.27. The van der Waals surface area contributed by atoms with E-state index in [4.69, 9.17) is 4.74 Å². The molecule has 1 aromatic rings. The van der Waals surface area contributed by atoms with Gasteiger partial charge in [0.25, 0.3) is 0 Å². The lowest BCUT2D eigenvalue weighted by Gasteiger charge is -2.22. The lowest BCUT2D eigenvalue weighted by atomic mass is 10.2. The molecule has 1 rings (SSSR count). The Bertz CT molecular complexity index is 324. The van der Waals surface area contributed by atoms with Gasteiger partial charge in [-0.3, -0.25) is 4.79 Å². The summed E-state index contributed by atoms with van der Waals surface area (Å²) >= 11 is 0. The molecule has 94 valence electrons. The first kappa shape index (κ1) is 13.6. The van der Waals surface area contributed by atoms with Gasteiger partial charge in [0.15, 0.2) is 0 Å². The summed E-state index contributed by atoms with van der Waals surface area (Å²) < 4.78 is 4.91. The Morgan fingerprint density at radius 1 is 1.24 bits per heavy atom. The van der Waals surface area contributed by atoms with E-state index in [1.165, 1.54) is 5.69 Å². The number of rotatable bonds is 7. The van der Waals surface area contributed by atoms with Crippen LogP contribution in [-0.2, 0) is 9.53 Å². The SMILES string of the molecule is CCOC(=O)CCCN(CC)c1ccccc1. The molecule has 0 saturated carbocycles. The molecule has 0 N–H and O–H groups in total. The molecular weight excluding hydrogens is 214 g/mol. The largest absolute Gasteiger partial charge is 0.466 e. The minimum atomic E-state index is -0.100. The van der Waals surface area contributed by atoms with Crippen LogP contribution in [-0.4, -0.2) is 25.7 Å². The van der Waals surface area contributed by atoms with Crippen LogP contribution in [0.3, 0.4) is 0 Å². The van der Waals surface area contributed by atoms with Crippen molar-refractivity contribution in [3.05, 3.63) is 30.3 Å². The van der Waals surface area contributed by atoms with Crippen LogP contribution in [0.5, 0.6) is 0 Å². The molecule has 0 saturated heterocycles. The van der Waals surface area contributed by atoms with Crippen LogP contribution < -0.4 is 4.90 Å². The molecule has 0 aliphatic carbocycles. The van der Waals surface area contributed by atoms with Crippen molar-refractivity contribution >= 4 is 11.7 Å². The van der Waals surface area contributed by atoms with Gasteiger partial charge in [0.05, 0.1) is 6.61 Å². The van der Waals surface area contributed by atoms with Crippen molar-refractivity contribution in [1.82, 2.24) is 0 Å². The van der Waals surface area contributed by atoms with Crippen molar-refractivity contribution < 1.29 is 9.53 Å². The summed E-state index contributed by atoms with van der Waals surface area (Å²) in [5, 5.41) is 0. The van der Waals surface area contributed by atoms with Gasteiger partial charge in [-0.25, -0.2) is 0 Å². The molecule has 0 fully saturated rings. The monoisotopic (exact) mass is 235 g/mol. The molecule has 0 aromatic heterocycles. The number of hydrogen-bond donors (Lipinski definition) is 0. The third kappa shape index (κ3) is 4.89. The average molecular weight is 235 g/mol. The first-order valence-electron chi connectivity index (χ1n) is 6.23. The summed E-state index contributed by atoms with van der Waals surface area (Å²) in [6.07, 6.45) is 1.33. The van der Waals surface area contributed by atoms with Crippen LogP contribution in [0.25, 0.3) is 0 Å². The Kier molecular flexibility index (Phi) is 6.15. The number of carbonyl (C=O) groups excluding carboxylic acids is 1. The summed E-state index contributed by atoms with van der Waals surface area (Å²) in [5.74, 6) is -0.100. The molecule has 0 atom stereocenters. The molecule has 0 amide bonds. The molecule has 0 radical (unpaired) electrons. The minimum absolute atomic E-state index is 0.100. The fourth-order valence-corrected chi connectivity index (χ4v) is 1.76. The topological polar surface area (TPSA) is 29.5 Å². The highest BCUT2D eigenvalue weighted by Gasteiger charge is 2.06. The molecule has 0 heterocycles. The van der Waals surface area contributed by atoms with Crippen molar-refractivity contribution in [2.45, 2.75) is 26.7 Å². The maximum absolute atomic E-state index is 11.2. The van der Waals surface area contributed by atoms with Gasteiger partial charge < -0.3 is 9.64 Å². The van der Waals surface area contributed by atoms with Crippen LogP contribution in [0, 0.1) is 0 Å². The third-order valence-corrected chi connectivity index (χ3v) is 2.62. The molecule has 0 aliphatic heterocycles. The standard InChI is InChI=1S/C14H21NO2/c1-3-15(13-9-6-5-7-10-13)12-8-11-14(16)17-4-2/h5-7,9-10H,3-4,8,11-12H2,1-2H3. The zero-order valence-corrected chi connectivity index (χ0v) is 10.7. The molecule has 0 aliphatic rings. The maximum Gasteiger partial charge on any atom is 0.305 e. The van der Waals surface area contributed by atoms with Crippen LogP contribution in [0.2, 0.25) is 0 Å². The highest BCUT2D eigenvalue weighted by molar-refractivity contribution is 5.69. The number of para-hydroxylation sites is 1. The highest BCUT2D eigenvalue weighted by Crippen LogP contribution is 2.13. The summed E-state index contributed by atoms with van der Waals surface area (Å²) in [6, 6.07) is 10.3. The van der Waals surface area contributed by atoms with E-state index >= 15 is 0 Å². The number of anilines is 1. The Balaban J connectivity index is 2.36. The van der Waals surface area contributed by atoms with E-state index in [0.29, 0.717) is 13.0 Å². The van der Waals surface area contributed by atoms with Crippen molar-refractivity contribution in [3.8, 4) is 0 Å². The van der Waals surface area contributed by atoms with E-state index in [1.54, 1.807) is 0 Å². The quantitative estimate of drug-likeness (QED) is 0.681. The lowest BCUT2D eigenvalue weighted by molar-refractivity contribution is -0.143. The molecule has 3 nitrogen and oxygen atoms in total. The summed E-state index contributed by atoms with van der Waals surface area (Å²) in [7, 11) is 0. The van der Waals surface area contributed by atoms with Gasteiger partial charge in [-0.15, -0.1) is 0 Å². The molecule has 0 spiro atoms. The Morgan fingerprint density at radius 3 is 2.53 bits per heavy atom. The smallest absolute Gasteiger partial charge is 0.305 e. The van der Waals surface area contributed by atoms with Crippen molar-refractivity contribution in [2.75, 3.05) is 24.6 Å². The van der Waals surface area contributed by atoms with Gasteiger partial charge >= 0.3 is 5.97 Å². The van der Waals surface area contributed by atoms with Gasteiger partial charge in [-0.1, -0.05) is 18.2 Å². The van der Waals surface area contributed by atoms with Gasteiger partial charge in [0, 0.05) is 25.2 Å². The van der Waals surface area contributed by atoms with Crippen LogP contribution in [0.15, 0.2) is 30.3 Å². The van der Waals surface area contributed by atoms with Crippen molar-refractivity contribution in [1.29, 1.82) is 0 Å². The van der Waals surface area contributed by atoms with Crippen LogP contribution in [0.4, 0.5) is 5.69 Å². The second-order valence-corrected chi connectivity index (χ2v) is 3.82. The molecule has 17 heavy (non-hydrogen) atoms. The first-order valence-corrected chi connectivity index (χ1v) is 6.23. The summed E-state index contributed by atoms with van der Waals surface area (Å²) in [6.45, 7) is 6.26. The second-order valence-electron chi connectivity index (χ2n) is 3.82. The lowest BCUT2D eigenvalue weighted by Crippen LogP contribution is -2.24. The predicted molar refractivity (Wildman–Crippen MR) is 70.2 cm³/mol. The minimum Gasteiger partial charge on any atom is -0.466 e. The molecule has 0 bridgehead atoms. The van der Waals surface area contributed by atoms with Crippen molar-refractivity contribution in [3.63, 3.8) is 0 Å². The van der Waals surface area contributed by atoms with E-state index in [2.05, 4.69) is 24.0 Å². The predicted octanol–water partition coefficient (Wildman–Crippen LogP) is 2.86. The zero-order valence-electron chi connectivity index (χ0n) is 10.7. The fourth-order valence-electron chi connectivity index (χ4n) is 1.76. The van der Waals surface area contributed by atoms with Crippen molar-refractivity contribution in [2.24, 2.45) is 0 Å². The molecule has 0 unspecified atom stereocenters. The average Bonchev–Trinajstić information content (AvgIpc) is 2.36. The molecule has 3 heteroatoms. The third-order valence-electron chi connectivity index (χ3n) is 2.62. The van der Waals surface area contributed by atoms with Crippen LogP contribution >= 0.6 is 0 Å². The Hall–Kier alpha value is -1.51. The van der Waals surface area contributed by atoms with Gasteiger partial charge in [0.1, 0.15) is 0 Å². The van der Waals surface area contributed by atoms with E-state index in [9.17, 15) is 4.79 Å². The fraction of sp³-hybridized carbons (Fsp3) is 0.500. The number of nitrogens with zero attached hydrogens (tertiary/aromatic N) is 1. The number of hydrogen-bond acceptors (Lipinski definition) is 3. The second kappa shape index (κ2) is 7.71. The highest BCUT2D eigenvalue weighted by atomic mass is 16.5. The number of esters is 1. The number of ether oxygens (including phenoxy) is 1. The summed E-state index contributed by atoms with van der Waals surface area (Å²) in [5.41, 5.74) is 1.21. The van der Waals surface area contributed by atoms with Gasteiger partial charge in [0.2, 0.25) is 0 Å². The Labute approximate surface area is 103 Å². The maximum atomic E-state index is 11.2. The molecule has 1 aromatic carbocycles. The number of benzene rings is 1. The van der Waals surface area contributed by atoms with E-state index in [0.717, 1.165) is 19.5 Å². The Morgan fingerprint density at radius 2 is 1.94 bits per heavy atom. The van der Waals surface area contributed by atoms with E-state index < -0.39 is 0 Å². The summed E-state index contributed by atoms with van der Waals surface area (Å²) in [4.78, 5) is 13.5.